The molecule has 0 radical (unpaired) electrons. The zero-order valence-electron chi connectivity index (χ0n) is 13.6. The van der Waals surface area contributed by atoms with Gasteiger partial charge in [0.25, 0.3) is 0 Å². The molecule has 1 aliphatic carbocycles. The van der Waals surface area contributed by atoms with Gasteiger partial charge in [0.05, 0.1) is 0 Å². The molecule has 1 amide bonds. The molecular weight excluding hydrogens is 294 g/mol. The van der Waals surface area contributed by atoms with Crippen LogP contribution in [0.25, 0.3) is 0 Å². The van der Waals surface area contributed by atoms with E-state index in [0.29, 0.717) is 5.75 Å². The number of carboxylic acids is 1. The number of hydrogen-bond donors (Lipinski definition) is 2. The second-order valence-electron chi connectivity index (χ2n) is 6.19. The van der Waals surface area contributed by atoms with Crippen LogP contribution in [0.3, 0.4) is 0 Å². The third-order valence-corrected chi connectivity index (χ3v) is 4.29. The minimum atomic E-state index is -1.01. The maximum absolute atomic E-state index is 12.5. The van der Waals surface area contributed by atoms with Crippen molar-refractivity contribution in [1.29, 1.82) is 0 Å². The van der Waals surface area contributed by atoms with E-state index in [1.807, 2.05) is 6.92 Å². The summed E-state index contributed by atoms with van der Waals surface area (Å²) in [7, 11) is 0. The topological polar surface area (TPSA) is 75.6 Å². The standard InChI is InChI=1S/C18H25NO4/c1-13-11-15(23-12-17(20)21)9-10-16(13)19-18(22)14-7-5-3-2-4-6-8-14/h9-11,14H,2-8,12H2,1H3,(H,19,22)(H,20,21). The molecule has 1 fully saturated rings. The van der Waals surface area contributed by atoms with Crippen LogP contribution < -0.4 is 10.1 Å². The zero-order valence-corrected chi connectivity index (χ0v) is 13.6. The van der Waals surface area contributed by atoms with Crippen LogP contribution in [-0.4, -0.2) is 23.6 Å². The minimum absolute atomic E-state index is 0.0919. The smallest absolute Gasteiger partial charge is 0.341 e. The van der Waals surface area contributed by atoms with Crippen molar-refractivity contribution in [2.45, 2.75) is 51.9 Å². The highest BCUT2D eigenvalue weighted by Crippen LogP contribution is 2.26. The lowest BCUT2D eigenvalue weighted by Gasteiger charge is -2.20. The highest BCUT2D eigenvalue weighted by Gasteiger charge is 2.20. The van der Waals surface area contributed by atoms with Crippen molar-refractivity contribution in [3.8, 4) is 5.75 Å². The summed E-state index contributed by atoms with van der Waals surface area (Å²) in [6.45, 7) is 1.51. The summed E-state index contributed by atoms with van der Waals surface area (Å²) in [5, 5.41) is 11.6. The SMILES string of the molecule is Cc1cc(OCC(=O)O)ccc1NC(=O)C1CCCCCCC1. The number of aliphatic carboxylic acids is 1. The second kappa shape index (κ2) is 8.56. The first-order valence-electron chi connectivity index (χ1n) is 8.32. The fourth-order valence-corrected chi connectivity index (χ4v) is 2.96. The number of anilines is 1. The molecule has 2 N–H and O–H groups in total. The highest BCUT2D eigenvalue weighted by molar-refractivity contribution is 5.93. The molecule has 0 saturated heterocycles. The summed E-state index contributed by atoms with van der Waals surface area (Å²) < 4.78 is 5.14. The predicted molar refractivity (Wildman–Crippen MR) is 88.7 cm³/mol. The second-order valence-corrected chi connectivity index (χ2v) is 6.19. The highest BCUT2D eigenvalue weighted by atomic mass is 16.5. The Morgan fingerprint density at radius 3 is 2.43 bits per heavy atom. The average Bonchev–Trinajstić information content (AvgIpc) is 2.47. The van der Waals surface area contributed by atoms with Gasteiger partial charge >= 0.3 is 5.97 Å². The molecule has 0 aliphatic heterocycles. The Balaban J connectivity index is 1.95. The molecule has 0 unspecified atom stereocenters. The molecule has 5 nitrogen and oxygen atoms in total. The molecule has 1 aliphatic rings. The average molecular weight is 319 g/mol. The zero-order chi connectivity index (χ0) is 16.7. The largest absolute Gasteiger partial charge is 0.482 e. The number of carboxylic acid groups (broad SMARTS) is 1. The molecular formula is C18H25NO4. The van der Waals surface area contributed by atoms with Crippen LogP contribution in [0.4, 0.5) is 5.69 Å². The lowest BCUT2D eigenvalue weighted by Crippen LogP contribution is -2.24. The molecule has 0 bridgehead atoms. The third-order valence-electron chi connectivity index (χ3n) is 4.29. The molecule has 1 saturated carbocycles. The van der Waals surface area contributed by atoms with Crippen LogP contribution in [-0.2, 0) is 9.59 Å². The molecule has 0 atom stereocenters. The van der Waals surface area contributed by atoms with E-state index in [2.05, 4.69) is 5.32 Å². The van der Waals surface area contributed by atoms with Gasteiger partial charge in [-0.2, -0.15) is 0 Å². The molecule has 126 valence electrons. The van der Waals surface area contributed by atoms with Gasteiger partial charge in [0.2, 0.25) is 5.91 Å². The minimum Gasteiger partial charge on any atom is -0.482 e. The first-order chi connectivity index (χ1) is 11.1. The number of carbonyl (C=O) groups is 2. The van der Waals surface area contributed by atoms with Crippen molar-refractivity contribution >= 4 is 17.6 Å². The summed E-state index contributed by atoms with van der Waals surface area (Å²) in [4.78, 5) is 23.0. The summed E-state index contributed by atoms with van der Waals surface area (Å²) in [5.41, 5.74) is 1.63. The van der Waals surface area contributed by atoms with E-state index in [4.69, 9.17) is 9.84 Å². The maximum Gasteiger partial charge on any atom is 0.341 e. The van der Waals surface area contributed by atoms with Gasteiger partial charge < -0.3 is 15.2 Å². The van der Waals surface area contributed by atoms with Crippen molar-refractivity contribution in [1.82, 2.24) is 0 Å². The predicted octanol–water partition coefficient (Wildman–Crippen LogP) is 3.76. The summed E-state index contributed by atoms with van der Waals surface area (Å²) >= 11 is 0. The van der Waals surface area contributed by atoms with Gasteiger partial charge in [0.1, 0.15) is 5.75 Å². The van der Waals surface area contributed by atoms with Crippen LogP contribution in [0.5, 0.6) is 5.75 Å². The van der Waals surface area contributed by atoms with E-state index in [-0.39, 0.29) is 18.4 Å². The van der Waals surface area contributed by atoms with Crippen molar-refractivity contribution in [3.05, 3.63) is 23.8 Å². The van der Waals surface area contributed by atoms with Gasteiger partial charge in [-0.1, -0.05) is 32.1 Å². The number of nitrogens with one attached hydrogen (secondary N) is 1. The Morgan fingerprint density at radius 1 is 1.17 bits per heavy atom. The molecule has 0 heterocycles. The first-order valence-corrected chi connectivity index (χ1v) is 8.32. The number of ether oxygens (including phenoxy) is 1. The van der Waals surface area contributed by atoms with Gasteiger partial charge in [-0.25, -0.2) is 4.79 Å². The Bertz CT molecular complexity index is 548. The van der Waals surface area contributed by atoms with E-state index in [1.54, 1.807) is 18.2 Å². The van der Waals surface area contributed by atoms with Crippen molar-refractivity contribution in [2.75, 3.05) is 11.9 Å². The molecule has 23 heavy (non-hydrogen) atoms. The Hall–Kier alpha value is -2.04. The van der Waals surface area contributed by atoms with E-state index < -0.39 is 5.97 Å². The fourth-order valence-electron chi connectivity index (χ4n) is 2.96. The number of aryl methyl sites for hydroxylation is 1. The van der Waals surface area contributed by atoms with Crippen molar-refractivity contribution < 1.29 is 19.4 Å². The van der Waals surface area contributed by atoms with Crippen LogP contribution in [0, 0.1) is 12.8 Å². The van der Waals surface area contributed by atoms with E-state index >= 15 is 0 Å². The normalized spacial score (nSPS) is 16.2. The summed E-state index contributed by atoms with van der Waals surface area (Å²) in [6, 6.07) is 5.20. The number of hydrogen-bond acceptors (Lipinski definition) is 3. The van der Waals surface area contributed by atoms with E-state index in [9.17, 15) is 9.59 Å². The molecule has 2 rings (SSSR count). The number of amides is 1. The van der Waals surface area contributed by atoms with Crippen molar-refractivity contribution in [2.24, 2.45) is 5.92 Å². The van der Waals surface area contributed by atoms with Crippen LogP contribution in [0.15, 0.2) is 18.2 Å². The van der Waals surface area contributed by atoms with E-state index in [1.165, 1.54) is 19.3 Å². The summed E-state index contributed by atoms with van der Waals surface area (Å²) in [5.74, 6) is -0.329. The molecule has 1 aromatic rings. The molecule has 0 aromatic heterocycles. The van der Waals surface area contributed by atoms with Gasteiger partial charge in [-0.3, -0.25) is 4.79 Å². The van der Waals surface area contributed by atoms with Crippen LogP contribution >= 0.6 is 0 Å². The molecule has 1 aromatic carbocycles. The fraction of sp³-hybridized carbons (Fsp3) is 0.556. The number of rotatable bonds is 5. The van der Waals surface area contributed by atoms with Gasteiger partial charge in [0.15, 0.2) is 6.61 Å². The van der Waals surface area contributed by atoms with Gasteiger partial charge in [-0.05, 0) is 43.5 Å². The van der Waals surface area contributed by atoms with Crippen molar-refractivity contribution in [3.63, 3.8) is 0 Å². The lowest BCUT2D eigenvalue weighted by atomic mass is 9.90. The third kappa shape index (κ3) is 5.58. The monoisotopic (exact) mass is 319 g/mol. The van der Waals surface area contributed by atoms with Crippen LogP contribution in [0.1, 0.15) is 50.5 Å². The Kier molecular flexibility index (Phi) is 6.44. The quantitative estimate of drug-likeness (QED) is 0.866. The lowest BCUT2D eigenvalue weighted by molar-refractivity contribution is -0.139. The Labute approximate surface area is 137 Å². The van der Waals surface area contributed by atoms with Gasteiger partial charge in [0, 0.05) is 11.6 Å². The Morgan fingerprint density at radius 2 is 1.83 bits per heavy atom. The number of carbonyl (C=O) groups excluding carboxylic acids is 1. The number of benzene rings is 1. The molecule has 0 spiro atoms. The molecule has 5 heteroatoms. The van der Waals surface area contributed by atoms with E-state index in [0.717, 1.165) is 36.9 Å². The first kappa shape index (κ1) is 17.3. The van der Waals surface area contributed by atoms with Gasteiger partial charge in [-0.15, -0.1) is 0 Å². The van der Waals surface area contributed by atoms with Crippen LogP contribution in [0.2, 0.25) is 0 Å². The maximum atomic E-state index is 12.5. The summed E-state index contributed by atoms with van der Waals surface area (Å²) in [6.07, 6.45) is 7.90.